The smallest absolute Gasteiger partial charge is 0.353 e. The molecule has 6 heteroatoms. The molecule has 0 aliphatic carbocycles. The van der Waals surface area contributed by atoms with Crippen molar-refractivity contribution in [2.75, 3.05) is 6.61 Å². The van der Waals surface area contributed by atoms with E-state index in [4.69, 9.17) is 0 Å². The van der Waals surface area contributed by atoms with E-state index in [2.05, 4.69) is 9.47 Å². The summed E-state index contributed by atoms with van der Waals surface area (Å²) < 4.78 is 54.9. The minimum absolute atomic E-state index is 0.172. The summed E-state index contributed by atoms with van der Waals surface area (Å²) in [4.78, 5) is 0. The maximum atomic E-state index is 12.1. The molecule has 74 valence electrons. The molecule has 0 spiro atoms. The Morgan fingerprint density at radius 1 is 1.33 bits per heavy atom. The van der Waals surface area contributed by atoms with Gasteiger partial charge in [-0.05, 0) is 13.8 Å². The molecule has 0 radical (unpaired) electrons. The van der Waals surface area contributed by atoms with Crippen LogP contribution in [0.15, 0.2) is 0 Å². The second-order valence-electron chi connectivity index (χ2n) is 2.02. The molecule has 0 aromatic carbocycles. The first-order valence-corrected chi connectivity index (χ1v) is 3.35. The van der Waals surface area contributed by atoms with Crippen molar-refractivity contribution < 1.29 is 27.0 Å². The molecule has 0 rings (SSSR count). The van der Waals surface area contributed by atoms with Gasteiger partial charge in [-0.3, -0.25) is 0 Å². The first-order valence-electron chi connectivity index (χ1n) is 3.35. The topological polar surface area (TPSA) is 18.5 Å². The summed E-state index contributed by atoms with van der Waals surface area (Å²) in [5.41, 5.74) is 0. The van der Waals surface area contributed by atoms with Crippen molar-refractivity contribution in [3.05, 3.63) is 0 Å². The summed E-state index contributed by atoms with van der Waals surface area (Å²) in [7, 11) is 0. The Balaban J connectivity index is 3.76. The Labute approximate surface area is 67.5 Å². The highest BCUT2D eigenvalue weighted by Gasteiger charge is 2.42. The third-order valence-corrected chi connectivity index (χ3v) is 0.970. The standard InChI is InChI=1S/C6H10F4O2/c1-3-11-4(2)12-5(7)6(8,9)10/h4-5H,3H2,1-2H3. The van der Waals surface area contributed by atoms with Gasteiger partial charge in [0.15, 0.2) is 6.29 Å². The van der Waals surface area contributed by atoms with Crippen LogP contribution in [0.4, 0.5) is 17.6 Å². The van der Waals surface area contributed by atoms with E-state index in [9.17, 15) is 17.6 Å². The van der Waals surface area contributed by atoms with Crippen LogP contribution in [0, 0.1) is 0 Å². The van der Waals surface area contributed by atoms with E-state index in [0.717, 1.165) is 0 Å². The zero-order valence-corrected chi connectivity index (χ0v) is 6.69. The van der Waals surface area contributed by atoms with Gasteiger partial charge < -0.3 is 9.47 Å². The van der Waals surface area contributed by atoms with Gasteiger partial charge in [0.05, 0.1) is 0 Å². The predicted molar refractivity (Wildman–Crippen MR) is 33.1 cm³/mol. The number of alkyl halides is 4. The molecule has 0 N–H and O–H groups in total. The molecule has 0 aliphatic rings. The fourth-order valence-corrected chi connectivity index (χ4v) is 0.519. The minimum Gasteiger partial charge on any atom is -0.353 e. The van der Waals surface area contributed by atoms with Crippen LogP contribution in [0.2, 0.25) is 0 Å². The number of ether oxygens (including phenoxy) is 2. The number of halogens is 4. The van der Waals surface area contributed by atoms with Gasteiger partial charge >= 0.3 is 6.18 Å². The van der Waals surface area contributed by atoms with Gasteiger partial charge in [0.25, 0.3) is 6.36 Å². The van der Waals surface area contributed by atoms with Gasteiger partial charge in [-0.15, -0.1) is 0 Å². The van der Waals surface area contributed by atoms with Crippen LogP contribution in [0.25, 0.3) is 0 Å². The number of rotatable bonds is 4. The molecular weight excluding hydrogens is 180 g/mol. The molecule has 0 bridgehead atoms. The van der Waals surface area contributed by atoms with Gasteiger partial charge in [0.1, 0.15) is 0 Å². The molecule has 0 saturated heterocycles. The van der Waals surface area contributed by atoms with Crippen LogP contribution in [-0.4, -0.2) is 25.4 Å². The Hall–Kier alpha value is -0.360. The molecule has 0 heterocycles. The van der Waals surface area contributed by atoms with Crippen molar-refractivity contribution in [1.82, 2.24) is 0 Å². The summed E-state index contributed by atoms with van der Waals surface area (Å²) in [5, 5.41) is 0. The van der Waals surface area contributed by atoms with Crippen molar-refractivity contribution in [1.29, 1.82) is 0 Å². The van der Waals surface area contributed by atoms with Crippen LogP contribution in [0.1, 0.15) is 13.8 Å². The zero-order chi connectivity index (χ0) is 9.78. The Morgan fingerprint density at radius 2 is 1.83 bits per heavy atom. The van der Waals surface area contributed by atoms with Crippen molar-refractivity contribution in [3.8, 4) is 0 Å². The van der Waals surface area contributed by atoms with Crippen molar-refractivity contribution in [2.24, 2.45) is 0 Å². The van der Waals surface area contributed by atoms with Crippen LogP contribution in [0.3, 0.4) is 0 Å². The molecule has 0 saturated carbocycles. The Kier molecular flexibility index (Phi) is 4.47. The normalized spacial score (nSPS) is 17.5. The zero-order valence-electron chi connectivity index (χ0n) is 6.69. The SMILES string of the molecule is CCOC(C)OC(F)C(F)(F)F. The molecule has 0 aliphatic heterocycles. The van der Waals surface area contributed by atoms with E-state index < -0.39 is 18.8 Å². The van der Waals surface area contributed by atoms with Crippen LogP contribution >= 0.6 is 0 Å². The fourth-order valence-electron chi connectivity index (χ4n) is 0.519. The Bertz CT molecular complexity index is 125. The average Bonchev–Trinajstić information content (AvgIpc) is 1.85. The molecular formula is C6H10F4O2. The van der Waals surface area contributed by atoms with E-state index in [-0.39, 0.29) is 6.61 Å². The maximum absolute atomic E-state index is 12.1. The van der Waals surface area contributed by atoms with Gasteiger partial charge in [-0.1, -0.05) is 0 Å². The van der Waals surface area contributed by atoms with Gasteiger partial charge in [0.2, 0.25) is 0 Å². The van der Waals surface area contributed by atoms with Crippen LogP contribution in [0.5, 0.6) is 0 Å². The lowest BCUT2D eigenvalue weighted by Gasteiger charge is -2.17. The lowest BCUT2D eigenvalue weighted by molar-refractivity contribution is -0.306. The summed E-state index contributed by atoms with van der Waals surface area (Å²) >= 11 is 0. The number of hydrogen-bond donors (Lipinski definition) is 0. The largest absolute Gasteiger partial charge is 0.445 e. The Morgan fingerprint density at radius 3 is 2.17 bits per heavy atom. The molecule has 0 aromatic rings. The van der Waals surface area contributed by atoms with E-state index >= 15 is 0 Å². The second kappa shape index (κ2) is 4.61. The third kappa shape index (κ3) is 4.50. The van der Waals surface area contributed by atoms with E-state index in [0.29, 0.717) is 0 Å². The third-order valence-electron chi connectivity index (χ3n) is 0.970. The van der Waals surface area contributed by atoms with Gasteiger partial charge in [-0.2, -0.15) is 13.2 Å². The highest BCUT2D eigenvalue weighted by molar-refractivity contribution is 4.53. The molecule has 0 amide bonds. The molecule has 2 atom stereocenters. The van der Waals surface area contributed by atoms with E-state index in [1.807, 2.05) is 0 Å². The lowest BCUT2D eigenvalue weighted by atomic mass is 10.6. The summed E-state index contributed by atoms with van der Waals surface area (Å²) in [6, 6.07) is 0. The van der Waals surface area contributed by atoms with Gasteiger partial charge in [-0.25, -0.2) is 4.39 Å². The first kappa shape index (κ1) is 11.6. The van der Waals surface area contributed by atoms with Gasteiger partial charge in [0, 0.05) is 6.61 Å². The lowest BCUT2D eigenvalue weighted by Crippen LogP contribution is -2.31. The average molecular weight is 190 g/mol. The van der Waals surface area contributed by atoms with Crippen molar-refractivity contribution in [3.63, 3.8) is 0 Å². The molecule has 0 aromatic heterocycles. The van der Waals surface area contributed by atoms with Crippen LogP contribution < -0.4 is 0 Å². The summed E-state index contributed by atoms with van der Waals surface area (Å²) in [5.74, 6) is 0. The van der Waals surface area contributed by atoms with E-state index in [1.54, 1.807) is 6.92 Å². The molecule has 0 fully saturated rings. The minimum atomic E-state index is -4.98. The fraction of sp³-hybridized carbons (Fsp3) is 1.00. The quantitative estimate of drug-likeness (QED) is 0.500. The predicted octanol–water partition coefficient (Wildman–Crippen LogP) is 2.24. The number of hydrogen-bond acceptors (Lipinski definition) is 2. The highest BCUT2D eigenvalue weighted by Crippen LogP contribution is 2.24. The monoisotopic (exact) mass is 190 g/mol. The molecule has 12 heavy (non-hydrogen) atoms. The first-order chi connectivity index (χ1) is 5.38. The second-order valence-corrected chi connectivity index (χ2v) is 2.02. The van der Waals surface area contributed by atoms with E-state index in [1.165, 1.54) is 6.92 Å². The summed E-state index contributed by atoms with van der Waals surface area (Å²) in [6.07, 6.45) is -9.45. The van der Waals surface area contributed by atoms with Crippen molar-refractivity contribution in [2.45, 2.75) is 32.7 Å². The van der Waals surface area contributed by atoms with Crippen LogP contribution in [-0.2, 0) is 9.47 Å². The highest BCUT2D eigenvalue weighted by atomic mass is 19.4. The summed E-state index contributed by atoms with van der Waals surface area (Å²) in [6.45, 7) is 2.94. The van der Waals surface area contributed by atoms with Crippen molar-refractivity contribution >= 4 is 0 Å². The molecule has 2 nitrogen and oxygen atoms in total. The maximum Gasteiger partial charge on any atom is 0.445 e. The molecule has 2 unspecified atom stereocenters.